The van der Waals surface area contributed by atoms with Crippen molar-refractivity contribution in [2.45, 2.75) is 6.42 Å². The Morgan fingerprint density at radius 1 is 1.40 bits per heavy atom. The molecule has 3 nitrogen and oxygen atoms in total. The molecule has 0 aliphatic carbocycles. The van der Waals surface area contributed by atoms with Gasteiger partial charge in [0.25, 0.3) is 0 Å². The average molecular weight is 210 g/mol. The molecule has 0 aromatic heterocycles. The van der Waals surface area contributed by atoms with Gasteiger partial charge < -0.3 is 10.6 Å². The third-order valence-corrected chi connectivity index (χ3v) is 2.09. The van der Waals surface area contributed by atoms with Gasteiger partial charge in [0.2, 0.25) is 5.91 Å². The predicted molar refractivity (Wildman–Crippen MR) is 57.0 cm³/mol. The van der Waals surface area contributed by atoms with Gasteiger partial charge in [-0.15, -0.1) is 0 Å². The topological polar surface area (TPSA) is 41.1 Å². The number of hydrogen-bond donors (Lipinski definition) is 2. The zero-order valence-electron chi connectivity index (χ0n) is 8.72. The number of carbonyl (C=O) groups excluding carboxylic acids is 1. The van der Waals surface area contributed by atoms with Gasteiger partial charge in [0, 0.05) is 7.05 Å². The third kappa shape index (κ3) is 4.08. The molecule has 0 atom stereocenters. The van der Waals surface area contributed by atoms with Crippen LogP contribution in [0.15, 0.2) is 24.3 Å². The van der Waals surface area contributed by atoms with Gasteiger partial charge in [-0.2, -0.15) is 0 Å². The number of amides is 1. The quantitative estimate of drug-likeness (QED) is 0.702. The molecule has 0 radical (unpaired) electrons. The van der Waals surface area contributed by atoms with Gasteiger partial charge in [-0.25, -0.2) is 4.39 Å². The largest absolute Gasteiger partial charge is 0.358 e. The molecule has 0 aliphatic rings. The van der Waals surface area contributed by atoms with E-state index in [0.717, 1.165) is 0 Å². The van der Waals surface area contributed by atoms with Crippen LogP contribution < -0.4 is 10.6 Å². The fraction of sp³-hybridized carbons (Fsp3) is 0.364. The Morgan fingerprint density at radius 2 is 2.13 bits per heavy atom. The molecular weight excluding hydrogens is 195 g/mol. The Bertz CT molecular complexity index is 328. The molecule has 1 rings (SSSR count). The summed E-state index contributed by atoms with van der Waals surface area (Å²) in [5.74, 6) is -0.261. The zero-order chi connectivity index (χ0) is 11.1. The summed E-state index contributed by atoms with van der Waals surface area (Å²) in [5.41, 5.74) is 0.668. The highest BCUT2D eigenvalue weighted by Gasteiger charge is 2.00. The lowest BCUT2D eigenvalue weighted by atomic mass is 10.1. The van der Waals surface area contributed by atoms with Crippen molar-refractivity contribution in [3.05, 3.63) is 35.6 Å². The summed E-state index contributed by atoms with van der Waals surface area (Å²) in [5, 5.41) is 5.43. The molecule has 4 heteroatoms. The first kappa shape index (κ1) is 11.7. The Hall–Kier alpha value is -1.42. The van der Waals surface area contributed by atoms with Crippen LogP contribution in [0.2, 0.25) is 0 Å². The van der Waals surface area contributed by atoms with Gasteiger partial charge in [-0.1, -0.05) is 18.2 Å². The maximum atomic E-state index is 13.1. The molecule has 1 amide bonds. The molecule has 0 aliphatic heterocycles. The van der Waals surface area contributed by atoms with Gasteiger partial charge in [0.05, 0.1) is 6.54 Å². The Kier molecular flexibility index (Phi) is 4.77. The molecular formula is C11H15FN2O. The van der Waals surface area contributed by atoms with Crippen molar-refractivity contribution in [2.24, 2.45) is 0 Å². The van der Waals surface area contributed by atoms with E-state index < -0.39 is 0 Å². The monoisotopic (exact) mass is 210 g/mol. The maximum Gasteiger partial charge on any atom is 0.233 e. The van der Waals surface area contributed by atoms with Crippen LogP contribution in [0.25, 0.3) is 0 Å². The van der Waals surface area contributed by atoms with Crippen molar-refractivity contribution >= 4 is 5.91 Å². The van der Waals surface area contributed by atoms with Gasteiger partial charge in [0.1, 0.15) is 5.82 Å². The van der Waals surface area contributed by atoms with Crippen molar-refractivity contribution in [3.8, 4) is 0 Å². The lowest BCUT2D eigenvalue weighted by molar-refractivity contribution is -0.119. The summed E-state index contributed by atoms with van der Waals surface area (Å²) in [4.78, 5) is 10.8. The van der Waals surface area contributed by atoms with E-state index in [2.05, 4.69) is 10.6 Å². The lowest BCUT2D eigenvalue weighted by Gasteiger charge is -2.04. The lowest BCUT2D eigenvalue weighted by Crippen LogP contribution is -2.32. The van der Waals surface area contributed by atoms with Gasteiger partial charge in [-0.05, 0) is 24.6 Å². The number of halogens is 1. The van der Waals surface area contributed by atoms with Gasteiger partial charge >= 0.3 is 0 Å². The smallest absolute Gasteiger partial charge is 0.233 e. The van der Waals surface area contributed by atoms with Crippen LogP contribution in [-0.4, -0.2) is 26.0 Å². The van der Waals surface area contributed by atoms with Crippen LogP contribution in [0.4, 0.5) is 4.39 Å². The standard InChI is InChI=1S/C11H15FN2O/c1-13-11(15)8-14-7-6-9-4-2-3-5-10(9)12/h2-5,14H,6-8H2,1H3,(H,13,15). The minimum Gasteiger partial charge on any atom is -0.358 e. The first-order valence-electron chi connectivity index (χ1n) is 4.88. The van der Waals surface area contributed by atoms with E-state index in [4.69, 9.17) is 0 Å². The van der Waals surface area contributed by atoms with Crippen LogP contribution in [-0.2, 0) is 11.2 Å². The Morgan fingerprint density at radius 3 is 2.80 bits per heavy atom. The summed E-state index contributed by atoms with van der Waals surface area (Å²) in [6.45, 7) is 0.860. The number of benzene rings is 1. The third-order valence-electron chi connectivity index (χ3n) is 2.09. The summed E-state index contributed by atoms with van der Waals surface area (Å²) in [6, 6.07) is 6.65. The molecule has 1 aromatic rings. The minimum atomic E-state index is -0.195. The number of carbonyl (C=O) groups is 1. The van der Waals surface area contributed by atoms with E-state index in [1.54, 1.807) is 25.2 Å². The molecule has 0 bridgehead atoms. The summed E-state index contributed by atoms with van der Waals surface area (Å²) in [7, 11) is 1.58. The average Bonchev–Trinajstić information content (AvgIpc) is 2.26. The van der Waals surface area contributed by atoms with E-state index in [-0.39, 0.29) is 18.3 Å². The van der Waals surface area contributed by atoms with Crippen molar-refractivity contribution in [3.63, 3.8) is 0 Å². The summed E-state index contributed by atoms with van der Waals surface area (Å²) < 4.78 is 13.1. The zero-order valence-corrected chi connectivity index (χ0v) is 8.72. The van der Waals surface area contributed by atoms with Crippen LogP contribution in [0, 0.1) is 5.82 Å². The number of nitrogens with one attached hydrogen (secondary N) is 2. The van der Waals surface area contributed by atoms with Crippen LogP contribution >= 0.6 is 0 Å². The van der Waals surface area contributed by atoms with E-state index in [1.165, 1.54) is 6.07 Å². The Labute approximate surface area is 88.7 Å². The fourth-order valence-corrected chi connectivity index (χ4v) is 1.21. The van der Waals surface area contributed by atoms with Crippen molar-refractivity contribution in [2.75, 3.05) is 20.1 Å². The molecule has 0 spiro atoms. The SMILES string of the molecule is CNC(=O)CNCCc1ccccc1F. The number of hydrogen-bond acceptors (Lipinski definition) is 2. The highest BCUT2D eigenvalue weighted by molar-refractivity contribution is 5.77. The highest BCUT2D eigenvalue weighted by Crippen LogP contribution is 2.05. The van der Waals surface area contributed by atoms with Gasteiger partial charge in [-0.3, -0.25) is 4.79 Å². The van der Waals surface area contributed by atoms with Crippen LogP contribution in [0.3, 0.4) is 0 Å². The van der Waals surface area contributed by atoms with E-state index in [0.29, 0.717) is 18.5 Å². The van der Waals surface area contributed by atoms with Crippen LogP contribution in [0.1, 0.15) is 5.56 Å². The molecule has 82 valence electrons. The van der Waals surface area contributed by atoms with Crippen molar-refractivity contribution in [1.82, 2.24) is 10.6 Å². The van der Waals surface area contributed by atoms with Crippen molar-refractivity contribution < 1.29 is 9.18 Å². The molecule has 1 aromatic carbocycles. The molecule has 0 heterocycles. The summed E-state index contributed by atoms with van der Waals surface area (Å²) in [6.07, 6.45) is 0.587. The van der Waals surface area contributed by atoms with Crippen LogP contribution in [0.5, 0.6) is 0 Å². The first-order chi connectivity index (χ1) is 7.24. The molecule has 0 saturated heterocycles. The second-order valence-electron chi connectivity index (χ2n) is 3.19. The maximum absolute atomic E-state index is 13.1. The number of rotatable bonds is 5. The van der Waals surface area contributed by atoms with E-state index in [1.807, 2.05) is 0 Å². The number of likely N-dealkylation sites (N-methyl/N-ethyl adjacent to an activating group) is 1. The van der Waals surface area contributed by atoms with E-state index in [9.17, 15) is 9.18 Å². The fourth-order valence-electron chi connectivity index (χ4n) is 1.21. The normalized spacial score (nSPS) is 10.0. The Balaban J connectivity index is 2.26. The minimum absolute atomic E-state index is 0.0662. The highest BCUT2D eigenvalue weighted by atomic mass is 19.1. The second-order valence-corrected chi connectivity index (χ2v) is 3.19. The molecule has 0 fully saturated rings. The van der Waals surface area contributed by atoms with E-state index >= 15 is 0 Å². The molecule has 0 unspecified atom stereocenters. The van der Waals surface area contributed by atoms with Gasteiger partial charge in [0.15, 0.2) is 0 Å². The molecule has 2 N–H and O–H groups in total. The van der Waals surface area contributed by atoms with Crippen molar-refractivity contribution in [1.29, 1.82) is 0 Å². The molecule has 0 saturated carbocycles. The first-order valence-corrected chi connectivity index (χ1v) is 4.88. The predicted octanol–water partition coefficient (Wildman–Crippen LogP) is 0.704. The second kappa shape index (κ2) is 6.14. The molecule has 15 heavy (non-hydrogen) atoms. The summed E-state index contributed by atoms with van der Waals surface area (Å²) >= 11 is 0.